The summed E-state index contributed by atoms with van der Waals surface area (Å²) in [6.07, 6.45) is -2.00. The Morgan fingerprint density at radius 1 is 1.42 bits per heavy atom. The van der Waals surface area contributed by atoms with Crippen molar-refractivity contribution in [1.82, 2.24) is 10.2 Å². The second-order valence-electron chi connectivity index (χ2n) is 6.38. The number of carbonyl (C=O) groups excluding carboxylic acids is 1. The maximum absolute atomic E-state index is 12.9. The first-order valence-corrected chi connectivity index (χ1v) is 8.50. The molecular formula is C18H25F3N2O. The van der Waals surface area contributed by atoms with E-state index >= 15 is 0 Å². The monoisotopic (exact) mass is 342 g/mol. The van der Waals surface area contributed by atoms with E-state index in [2.05, 4.69) is 5.32 Å². The van der Waals surface area contributed by atoms with Crippen LogP contribution < -0.4 is 5.32 Å². The van der Waals surface area contributed by atoms with Gasteiger partial charge in [-0.25, -0.2) is 0 Å². The lowest BCUT2D eigenvalue weighted by Gasteiger charge is -2.29. The van der Waals surface area contributed by atoms with Crippen molar-refractivity contribution in [2.75, 3.05) is 19.6 Å². The molecule has 2 rings (SSSR count). The Morgan fingerprint density at radius 3 is 2.75 bits per heavy atom. The van der Waals surface area contributed by atoms with Gasteiger partial charge in [0.05, 0.1) is 11.6 Å². The normalized spacial score (nSPS) is 19.3. The SMILES string of the molecule is CCN(C(=O)CCC1CCNC1)C(C)c1cccc(C(F)(F)F)c1. The Morgan fingerprint density at radius 2 is 2.17 bits per heavy atom. The first-order chi connectivity index (χ1) is 11.3. The number of carbonyl (C=O) groups is 1. The Kier molecular flexibility index (Phi) is 6.27. The van der Waals surface area contributed by atoms with E-state index in [4.69, 9.17) is 0 Å². The fraction of sp³-hybridized carbons (Fsp3) is 0.611. The van der Waals surface area contributed by atoms with Crippen molar-refractivity contribution in [2.24, 2.45) is 5.92 Å². The lowest BCUT2D eigenvalue weighted by Crippen LogP contribution is -2.33. The Hall–Kier alpha value is -1.56. The minimum Gasteiger partial charge on any atom is -0.336 e. The minimum absolute atomic E-state index is 0.00862. The molecule has 0 aliphatic carbocycles. The average Bonchev–Trinajstić information content (AvgIpc) is 3.06. The highest BCUT2D eigenvalue weighted by atomic mass is 19.4. The highest BCUT2D eigenvalue weighted by molar-refractivity contribution is 5.76. The lowest BCUT2D eigenvalue weighted by atomic mass is 10.0. The molecule has 0 spiro atoms. The number of halogens is 3. The maximum atomic E-state index is 12.9. The average molecular weight is 342 g/mol. The molecule has 1 aromatic carbocycles. The summed E-state index contributed by atoms with van der Waals surface area (Å²) in [5.74, 6) is 0.533. The van der Waals surface area contributed by atoms with Crippen LogP contribution in [0.1, 0.15) is 50.3 Å². The molecule has 2 atom stereocenters. The number of nitrogens with zero attached hydrogens (tertiary/aromatic N) is 1. The van der Waals surface area contributed by atoms with Crippen molar-refractivity contribution in [1.29, 1.82) is 0 Å². The van der Waals surface area contributed by atoms with Crippen molar-refractivity contribution in [3.05, 3.63) is 35.4 Å². The van der Waals surface area contributed by atoms with Crippen LogP contribution >= 0.6 is 0 Å². The van der Waals surface area contributed by atoms with Crippen molar-refractivity contribution in [3.63, 3.8) is 0 Å². The van der Waals surface area contributed by atoms with E-state index < -0.39 is 11.7 Å². The molecule has 1 heterocycles. The van der Waals surface area contributed by atoms with Crippen molar-refractivity contribution in [2.45, 2.75) is 45.3 Å². The predicted octanol–water partition coefficient (Wildman–Crippen LogP) is 4.00. The van der Waals surface area contributed by atoms with Crippen LogP contribution in [-0.2, 0) is 11.0 Å². The molecule has 1 aliphatic heterocycles. The number of rotatable bonds is 6. The Balaban J connectivity index is 2.04. The number of hydrogen-bond acceptors (Lipinski definition) is 2. The molecule has 0 bridgehead atoms. The molecule has 2 unspecified atom stereocenters. The number of alkyl halides is 3. The molecule has 0 aromatic heterocycles. The number of benzene rings is 1. The molecule has 0 radical (unpaired) electrons. The van der Waals surface area contributed by atoms with Gasteiger partial charge in [0.1, 0.15) is 0 Å². The van der Waals surface area contributed by atoms with E-state index in [1.54, 1.807) is 17.9 Å². The number of hydrogen-bond donors (Lipinski definition) is 1. The highest BCUT2D eigenvalue weighted by Gasteiger charge is 2.31. The Bertz CT molecular complexity index is 553. The molecule has 1 saturated heterocycles. The van der Waals surface area contributed by atoms with Gasteiger partial charge < -0.3 is 10.2 Å². The molecule has 134 valence electrons. The molecule has 1 aromatic rings. The molecule has 1 aliphatic rings. The molecular weight excluding hydrogens is 317 g/mol. The lowest BCUT2D eigenvalue weighted by molar-refractivity contribution is -0.137. The topological polar surface area (TPSA) is 32.3 Å². The van der Waals surface area contributed by atoms with E-state index in [9.17, 15) is 18.0 Å². The van der Waals surface area contributed by atoms with Crippen LogP contribution in [0.5, 0.6) is 0 Å². The van der Waals surface area contributed by atoms with Gasteiger partial charge in [-0.15, -0.1) is 0 Å². The Labute approximate surface area is 141 Å². The van der Waals surface area contributed by atoms with Gasteiger partial charge in [-0.05, 0) is 63.4 Å². The molecule has 1 amide bonds. The summed E-state index contributed by atoms with van der Waals surface area (Å²) in [7, 11) is 0. The molecule has 0 saturated carbocycles. The molecule has 6 heteroatoms. The quantitative estimate of drug-likeness (QED) is 0.847. The summed E-state index contributed by atoms with van der Waals surface area (Å²) >= 11 is 0. The summed E-state index contributed by atoms with van der Waals surface area (Å²) in [5.41, 5.74) is -0.157. The van der Waals surface area contributed by atoms with Crippen molar-refractivity contribution in [3.8, 4) is 0 Å². The summed E-state index contributed by atoms with van der Waals surface area (Å²) in [6, 6.07) is 4.88. The first-order valence-electron chi connectivity index (χ1n) is 8.50. The largest absolute Gasteiger partial charge is 0.416 e. The van der Waals surface area contributed by atoms with Crippen LogP contribution in [0.2, 0.25) is 0 Å². The van der Waals surface area contributed by atoms with Gasteiger partial charge >= 0.3 is 6.18 Å². The molecule has 1 fully saturated rings. The number of nitrogens with one attached hydrogen (secondary N) is 1. The molecule has 3 nitrogen and oxygen atoms in total. The zero-order valence-corrected chi connectivity index (χ0v) is 14.2. The predicted molar refractivity (Wildman–Crippen MR) is 87.5 cm³/mol. The van der Waals surface area contributed by atoms with Gasteiger partial charge in [-0.1, -0.05) is 12.1 Å². The fourth-order valence-corrected chi connectivity index (χ4v) is 3.25. The summed E-state index contributed by atoms with van der Waals surface area (Å²) in [6.45, 7) is 6.08. The second kappa shape index (κ2) is 8.01. The van der Waals surface area contributed by atoms with Gasteiger partial charge in [-0.3, -0.25) is 4.79 Å². The standard InChI is InChI=1S/C18H25F3N2O/c1-3-23(17(24)8-7-14-9-10-22-12-14)13(2)15-5-4-6-16(11-15)18(19,20)21/h4-6,11,13-14,22H,3,7-10,12H2,1-2H3. The van der Waals surface area contributed by atoms with Gasteiger partial charge in [0.25, 0.3) is 0 Å². The van der Waals surface area contributed by atoms with Gasteiger partial charge in [0, 0.05) is 13.0 Å². The maximum Gasteiger partial charge on any atom is 0.416 e. The van der Waals surface area contributed by atoms with E-state index in [0.717, 1.165) is 38.1 Å². The zero-order valence-electron chi connectivity index (χ0n) is 14.2. The van der Waals surface area contributed by atoms with E-state index in [1.807, 2.05) is 6.92 Å². The zero-order chi connectivity index (χ0) is 17.7. The van der Waals surface area contributed by atoms with Crippen molar-refractivity contribution >= 4 is 5.91 Å². The number of amides is 1. The fourth-order valence-electron chi connectivity index (χ4n) is 3.25. The van der Waals surface area contributed by atoms with Gasteiger partial charge in [0.2, 0.25) is 5.91 Å². The highest BCUT2D eigenvalue weighted by Crippen LogP contribution is 2.32. The van der Waals surface area contributed by atoms with Gasteiger partial charge in [-0.2, -0.15) is 13.2 Å². The smallest absolute Gasteiger partial charge is 0.336 e. The van der Waals surface area contributed by atoms with Gasteiger partial charge in [0.15, 0.2) is 0 Å². The third-order valence-corrected chi connectivity index (χ3v) is 4.75. The minimum atomic E-state index is -4.37. The molecule has 1 N–H and O–H groups in total. The van der Waals surface area contributed by atoms with E-state index in [-0.39, 0.29) is 11.9 Å². The third-order valence-electron chi connectivity index (χ3n) is 4.75. The third kappa shape index (κ3) is 4.72. The summed E-state index contributed by atoms with van der Waals surface area (Å²) in [5, 5.41) is 3.28. The van der Waals surface area contributed by atoms with E-state index in [1.165, 1.54) is 6.07 Å². The van der Waals surface area contributed by atoms with E-state index in [0.29, 0.717) is 24.4 Å². The van der Waals surface area contributed by atoms with Crippen LogP contribution in [0, 0.1) is 5.92 Å². The van der Waals surface area contributed by atoms with Crippen LogP contribution in [0.15, 0.2) is 24.3 Å². The summed E-state index contributed by atoms with van der Waals surface area (Å²) < 4.78 is 38.6. The van der Waals surface area contributed by atoms with Crippen LogP contribution in [0.4, 0.5) is 13.2 Å². The van der Waals surface area contributed by atoms with Crippen LogP contribution in [0.3, 0.4) is 0 Å². The van der Waals surface area contributed by atoms with Crippen LogP contribution in [0.25, 0.3) is 0 Å². The second-order valence-corrected chi connectivity index (χ2v) is 6.38. The van der Waals surface area contributed by atoms with Crippen LogP contribution in [-0.4, -0.2) is 30.4 Å². The summed E-state index contributed by atoms with van der Waals surface area (Å²) in [4.78, 5) is 14.2. The van der Waals surface area contributed by atoms with Crippen molar-refractivity contribution < 1.29 is 18.0 Å². The molecule has 24 heavy (non-hydrogen) atoms. The first kappa shape index (κ1) is 18.8.